The highest BCUT2D eigenvalue weighted by Gasteiger charge is 2.17. The SMILES string of the molecule is Cn1ccnc1C(Cc1cc(F)ccc1F)NN. The summed E-state index contributed by atoms with van der Waals surface area (Å²) in [5, 5.41) is 0. The van der Waals surface area contributed by atoms with Gasteiger partial charge in [0.25, 0.3) is 0 Å². The Balaban J connectivity index is 2.26. The summed E-state index contributed by atoms with van der Waals surface area (Å²) < 4.78 is 28.4. The van der Waals surface area contributed by atoms with Gasteiger partial charge in [0.15, 0.2) is 0 Å². The summed E-state index contributed by atoms with van der Waals surface area (Å²) in [6, 6.07) is 2.99. The Bertz CT molecular complexity index is 539. The summed E-state index contributed by atoms with van der Waals surface area (Å²) in [5.41, 5.74) is 2.83. The summed E-state index contributed by atoms with van der Waals surface area (Å²) in [6.45, 7) is 0. The molecule has 0 radical (unpaired) electrons. The van der Waals surface area contributed by atoms with Crippen LogP contribution in [0.2, 0.25) is 0 Å². The van der Waals surface area contributed by atoms with E-state index in [0.29, 0.717) is 5.82 Å². The minimum atomic E-state index is -0.470. The predicted octanol–water partition coefficient (Wildman–Crippen LogP) is 1.45. The van der Waals surface area contributed by atoms with Gasteiger partial charge in [-0.1, -0.05) is 0 Å². The molecular weight excluding hydrogens is 238 g/mol. The van der Waals surface area contributed by atoms with E-state index < -0.39 is 11.6 Å². The van der Waals surface area contributed by atoms with Crippen molar-refractivity contribution in [2.75, 3.05) is 0 Å². The van der Waals surface area contributed by atoms with Gasteiger partial charge in [0, 0.05) is 19.4 Å². The van der Waals surface area contributed by atoms with E-state index in [4.69, 9.17) is 5.84 Å². The van der Waals surface area contributed by atoms with E-state index in [9.17, 15) is 8.78 Å². The molecule has 96 valence electrons. The number of aromatic nitrogens is 2. The molecule has 2 rings (SSSR count). The number of nitrogens with one attached hydrogen (secondary N) is 1. The molecule has 1 unspecified atom stereocenters. The Labute approximate surface area is 103 Å². The molecule has 1 aromatic carbocycles. The summed E-state index contributed by atoms with van der Waals surface area (Å²) in [5.74, 6) is 5.19. The van der Waals surface area contributed by atoms with Crippen LogP contribution >= 0.6 is 0 Å². The van der Waals surface area contributed by atoms with Crippen molar-refractivity contribution in [3.05, 3.63) is 53.6 Å². The van der Waals surface area contributed by atoms with Gasteiger partial charge in [-0.25, -0.2) is 19.2 Å². The third-order valence-electron chi connectivity index (χ3n) is 2.80. The lowest BCUT2D eigenvalue weighted by Gasteiger charge is -2.16. The second-order valence-electron chi connectivity index (χ2n) is 4.06. The first kappa shape index (κ1) is 12.7. The topological polar surface area (TPSA) is 55.9 Å². The third kappa shape index (κ3) is 2.55. The van der Waals surface area contributed by atoms with Gasteiger partial charge in [0.05, 0.1) is 6.04 Å². The van der Waals surface area contributed by atoms with Crippen molar-refractivity contribution in [2.24, 2.45) is 12.9 Å². The first-order valence-electron chi connectivity index (χ1n) is 5.49. The van der Waals surface area contributed by atoms with E-state index in [2.05, 4.69) is 10.4 Å². The van der Waals surface area contributed by atoms with Crippen molar-refractivity contribution in [3.8, 4) is 0 Å². The second kappa shape index (κ2) is 5.24. The van der Waals surface area contributed by atoms with Crippen LogP contribution in [0.1, 0.15) is 17.4 Å². The number of halogens is 2. The number of rotatable bonds is 4. The molecule has 3 N–H and O–H groups in total. The quantitative estimate of drug-likeness (QED) is 0.639. The molecule has 0 aliphatic carbocycles. The van der Waals surface area contributed by atoms with Crippen molar-refractivity contribution in [1.82, 2.24) is 15.0 Å². The molecule has 1 heterocycles. The zero-order valence-corrected chi connectivity index (χ0v) is 9.90. The number of nitrogens with zero attached hydrogens (tertiary/aromatic N) is 2. The largest absolute Gasteiger partial charge is 0.337 e. The minimum Gasteiger partial charge on any atom is -0.337 e. The number of hydrogen-bond acceptors (Lipinski definition) is 3. The number of aryl methyl sites for hydroxylation is 1. The molecule has 0 bridgehead atoms. The maximum atomic E-state index is 13.5. The van der Waals surface area contributed by atoms with Crippen molar-refractivity contribution < 1.29 is 8.78 Å². The van der Waals surface area contributed by atoms with Gasteiger partial charge in [-0.3, -0.25) is 5.84 Å². The molecule has 0 amide bonds. The zero-order chi connectivity index (χ0) is 13.1. The standard InChI is InChI=1S/C12H14F2N4/c1-18-5-4-16-12(18)11(17-15)7-8-6-9(13)2-3-10(8)14/h2-6,11,17H,7,15H2,1H3. The van der Waals surface area contributed by atoms with Crippen LogP contribution in [-0.2, 0) is 13.5 Å². The average Bonchev–Trinajstić information content (AvgIpc) is 2.77. The summed E-state index contributed by atoms with van der Waals surface area (Å²) in [7, 11) is 1.81. The monoisotopic (exact) mass is 252 g/mol. The number of hydrogen-bond donors (Lipinski definition) is 2. The fourth-order valence-electron chi connectivity index (χ4n) is 1.86. The summed E-state index contributed by atoms with van der Waals surface area (Å²) in [4.78, 5) is 4.14. The Morgan fingerprint density at radius 1 is 1.44 bits per heavy atom. The van der Waals surface area contributed by atoms with Gasteiger partial charge in [-0.05, 0) is 30.2 Å². The smallest absolute Gasteiger partial charge is 0.127 e. The lowest BCUT2D eigenvalue weighted by Crippen LogP contribution is -2.31. The van der Waals surface area contributed by atoms with Gasteiger partial charge in [0.1, 0.15) is 17.5 Å². The Kier molecular flexibility index (Phi) is 3.69. The van der Waals surface area contributed by atoms with Crippen LogP contribution in [0.25, 0.3) is 0 Å². The zero-order valence-electron chi connectivity index (χ0n) is 9.90. The molecule has 4 nitrogen and oxygen atoms in total. The van der Waals surface area contributed by atoms with Crippen molar-refractivity contribution >= 4 is 0 Å². The maximum absolute atomic E-state index is 13.5. The first-order valence-corrected chi connectivity index (χ1v) is 5.49. The molecule has 6 heteroatoms. The van der Waals surface area contributed by atoms with Crippen molar-refractivity contribution in [2.45, 2.75) is 12.5 Å². The average molecular weight is 252 g/mol. The first-order chi connectivity index (χ1) is 8.61. The Morgan fingerprint density at radius 3 is 2.83 bits per heavy atom. The van der Waals surface area contributed by atoms with E-state index in [1.807, 2.05) is 7.05 Å². The summed E-state index contributed by atoms with van der Waals surface area (Å²) in [6.07, 6.45) is 3.62. The molecule has 0 saturated carbocycles. The molecule has 0 saturated heterocycles. The molecule has 0 fully saturated rings. The van der Waals surface area contributed by atoms with Crippen molar-refractivity contribution in [3.63, 3.8) is 0 Å². The minimum absolute atomic E-state index is 0.227. The van der Waals surface area contributed by atoms with E-state index in [0.717, 1.165) is 12.1 Å². The fourth-order valence-corrected chi connectivity index (χ4v) is 1.86. The van der Waals surface area contributed by atoms with Crippen LogP contribution in [-0.4, -0.2) is 9.55 Å². The number of imidazole rings is 1. The van der Waals surface area contributed by atoms with E-state index in [1.54, 1.807) is 17.0 Å². The van der Waals surface area contributed by atoms with Gasteiger partial charge in [0.2, 0.25) is 0 Å². The highest BCUT2D eigenvalue weighted by atomic mass is 19.1. The molecule has 0 aliphatic rings. The number of nitrogens with two attached hydrogens (primary N) is 1. The molecular formula is C12H14F2N4. The Hall–Kier alpha value is -1.79. The van der Waals surface area contributed by atoms with Crippen LogP contribution in [0.15, 0.2) is 30.6 Å². The lowest BCUT2D eigenvalue weighted by molar-refractivity contribution is 0.490. The molecule has 2 aromatic rings. The van der Waals surface area contributed by atoms with Crippen LogP contribution in [0.5, 0.6) is 0 Å². The molecule has 0 spiro atoms. The van der Waals surface area contributed by atoms with Gasteiger partial charge in [-0.15, -0.1) is 0 Å². The van der Waals surface area contributed by atoms with Gasteiger partial charge in [-0.2, -0.15) is 0 Å². The lowest BCUT2D eigenvalue weighted by atomic mass is 10.0. The molecule has 18 heavy (non-hydrogen) atoms. The van der Waals surface area contributed by atoms with Crippen LogP contribution < -0.4 is 11.3 Å². The number of hydrazine groups is 1. The number of benzene rings is 1. The van der Waals surface area contributed by atoms with Gasteiger partial charge < -0.3 is 4.57 Å². The second-order valence-corrected chi connectivity index (χ2v) is 4.06. The van der Waals surface area contributed by atoms with E-state index >= 15 is 0 Å². The van der Waals surface area contributed by atoms with Crippen LogP contribution in [0, 0.1) is 11.6 Å². The molecule has 1 aromatic heterocycles. The Morgan fingerprint density at radius 2 is 2.22 bits per heavy atom. The fraction of sp³-hybridized carbons (Fsp3) is 0.250. The summed E-state index contributed by atoms with van der Waals surface area (Å²) >= 11 is 0. The highest BCUT2D eigenvalue weighted by Crippen LogP contribution is 2.18. The molecule has 1 atom stereocenters. The van der Waals surface area contributed by atoms with Crippen LogP contribution in [0.4, 0.5) is 8.78 Å². The third-order valence-corrected chi connectivity index (χ3v) is 2.80. The normalized spacial score (nSPS) is 12.7. The maximum Gasteiger partial charge on any atom is 0.127 e. The van der Waals surface area contributed by atoms with Crippen LogP contribution in [0.3, 0.4) is 0 Å². The van der Waals surface area contributed by atoms with E-state index in [1.165, 1.54) is 6.07 Å². The van der Waals surface area contributed by atoms with Gasteiger partial charge >= 0.3 is 0 Å². The van der Waals surface area contributed by atoms with Crippen molar-refractivity contribution in [1.29, 1.82) is 0 Å². The molecule has 0 aliphatic heterocycles. The van der Waals surface area contributed by atoms with E-state index in [-0.39, 0.29) is 18.0 Å². The highest BCUT2D eigenvalue weighted by molar-refractivity contribution is 5.21. The predicted molar refractivity (Wildman–Crippen MR) is 63.3 cm³/mol.